The van der Waals surface area contributed by atoms with Gasteiger partial charge in [-0.15, -0.1) is 0 Å². The fourth-order valence-corrected chi connectivity index (χ4v) is 1.80. The van der Waals surface area contributed by atoms with Crippen LogP contribution in [0, 0.1) is 0 Å². The third-order valence-electron chi connectivity index (χ3n) is 1.94. The zero-order valence-corrected chi connectivity index (χ0v) is 11.0. The highest BCUT2D eigenvalue weighted by molar-refractivity contribution is 7.99. The summed E-state index contributed by atoms with van der Waals surface area (Å²) in [6.07, 6.45) is 2.89. The van der Waals surface area contributed by atoms with Gasteiger partial charge in [-0.25, -0.2) is 4.98 Å². The highest BCUT2D eigenvalue weighted by atomic mass is 32.2. The highest BCUT2D eigenvalue weighted by Gasteiger charge is 2.04. The second-order valence-corrected chi connectivity index (χ2v) is 5.21. The molecule has 1 aromatic rings. The number of aromatic nitrogens is 2. The lowest BCUT2D eigenvalue weighted by Crippen LogP contribution is -2.12. The van der Waals surface area contributed by atoms with E-state index in [1.54, 1.807) is 7.11 Å². The third kappa shape index (κ3) is 4.81. The minimum absolute atomic E-state index is 0.594. The molecule has 86 valence electrons. The van der Waals surface area contributed by atoms with Crippen LogP contribution in [0.1, 0.15) is 12.7 Å². The van der Waals surface area contributed by atoms with Gasteiger partial charge in [-0.2, -0.15) is 16.1 Å². The lowest BCUT2D eigenvalue weighted by molar-refractivity contribution is 0.201. The molecule has 0 radical (unpaired) electrons. The minimum atomic E-state index is 0.594. The van der Waals surface area contributed by atoms with Crippen LogP contribution in [0.2, 0.25) is 0 Å². The molecule has 0 aromatic carbocycles. The molecule has 1 unspecified atom stereocenters. The molecule has 0 amide bonds. The molecule has 1 rings (SSSR count). The molecule has 6 heteroatoms. The first kappa shape index (κ1) is 12.7. The fraction of sp³-hybridized carbons (Fsp3) is 0.778. The van der Waals surface area contributed by atoms with Crippen molar-refractivity contribution in [3.8, 4) is 0 Å². The average molecular weight is 247 g/mol. The Morgan fingerprint density at radius 3 is 3.07 bits per heavy atom. The van der Waals surface area contributed by atoms with E-state index in [4.69, 9.17) is 4.74 Å². The smallest absolute Gasteiger partial charge is 0.202 e. The Morgan fingerprint density at radius 1 is 1.60 bits per heavy atom. The first-order valence-electron chi connectivity index (χ1n) is 4.84. The van der Waals surface area contributed by atoms with E-state index in [-0.39, 0.29) is 0 Å². The van der Waals surface area contributed by atoms with E-state index >= 15 is 0 Å². The molecule has 0 aliphatic rings. The molecule has 0 fully saturated rings. The van der Waals surface area contributed by atoms with Crippen LogP contribution < -0.4 is 5.32 Å². The van der Waals surface area contributed by atoms with Gasteiger partial charge in [0, 0.05) is 36.9 Å². The minimum Gasteiger partial charge on any atom is -0.384 e. The maximum atomic E-state index is 4.97. The van der Waals surface area contributed by atoms with Crippen LogP contribution in [0.3, 0.4) is 0 Å². The van der Waals surface area contributed by atoms with Gasteiger partial charge in [0.25, 0.3) is 0 Å². The standard InChI is InChI=1S/C9H17N3OS2/c1-7(14-3)6-10-9-11-8(12-15-9)4-5-13-2/h7H,4-6H2,1-3H3,(H,10,11,12). The van der Waals surface area contributed by atoms with Crippen LogP contribution in [0.5, 0.6) is 0 Å². The lowest BCUT2D eigenvalue weighted by Gasteiger charge is -2.07. The SMILES string of the molecule is COCCc1nsc(NCC(C)SC)n1. The molecule has 15 heavy (non-hydrogen) atoms. The Labute approximate surface area is 99.0 Å². The van der Waals surface area contributed by atoms with Crippen LogP contribution in [-0.4, -0.2) is 41.1 Å². The Bertz CT molecular complexity index is 280. The van der Waals surface area contributed by atoms with Gasteiger partial charge in [0.05, 0.1) is 6.61 Å². The van der Waals surface area contributed by atoms with Crippen molar-refractivity contribution in [3.05, 3.63) is 5.82 Å². The molecule has 1 aromatic heterocycles. The predicted molar refractivity (Wildman–Crippen MR) is 67.0 cm³/mol. The van der Waals surface area contributed by atoms with E-state index in [2.05, 4.69) is 27.9 Å². The number of methoxy groups -OCH3 is 1. The van der Waals surface area contributed by atoms with Crippen LogP contribution in [0.15, 0.2) is 0 Å². The summed E-state index contributed by atoms with van der Waals surface area (Å²) < 4.78 is 9.21. The molecule has 1 N–H and O–H groups in total. The van der Waals surface area contributed by atoms with Crippen molar-refractivity contribution in [1.82, 2.24) is 9.36 Å². The number of rotatable bonds is 7. The molecule has 1 atom stereocenters. The average Bonchev–Trinajstić information content (AvgIpc) is 2.71. The summed E-state index contributed by atoms with van der Waals surface area (Å²) in [5.74, 6) is 0.862. The van der Waals surface area contributed by atoms with Crippen molar-refractivity contribution < 1.29 is 4.74 Å². The maximum Gasteiger partial charge on any atom is 0.202 e. The first-order chi connectivity index (χ1) is 7.26. The molecule has 4 nitrogen and oxygen atoms in total. The maximum absolute atomic E-state index is 4.97. The second kappa shape index (κ2) is 7.03. The zero-order chi connectivity index (χ0) is 11.1. The second-order valence-electron chi connectivity index (χ2n) is 3.19. The van der Waals surface area contributed by atoms with Crippen molar-refractivity contribution in [2.75, 3.05) is 31.8 Å². The molecular formula is C9H17N3OS2. The van der Waals surface area contributed by atoms with Gasteiger partial charge in [-0.05, 0) is 6.26 Å². The van der Waals surface area contributed by atoms with Crippen LogP contribution >= 0.6 is 23.3 Å². The monoisotopic (exact) mass is 247 g/mol. The topological polar surface area (TPSA) is 47.0 Å². The van der Waals surface area contributed by atoms with E-state index in [0.717, 1.165) is 23.9 Å². The van der Waals surface area contributed by atoms with Crippen molar-refractivity contribution in [1.29, 1.82) is 0 Å². The summed E-state index contributed by atoms with van der Waals surface area (Å²) in [5, 5.41) is 4.77. The fourth-order valence-electron chi connectivity index (χ4n) is 0.935. The summed E-state index contributed by atoms with van der Waals surface area (Å²) in [6, 6.07) is 0. The Kier molecular flexibility index (Phi) is 5.97. The van der Waals surface area contributed by atoms with Crippen molar-refractivity contribution in [2.45, 2.75) is 18.6 Å². The molecule has 0 bridgehead atoms. The van der Waals surface area contributed by atoms with E-state index in [1.807, 2.05) is 11.8 Å². The van der Waals surface area contributed by atoms with Crippen molar-refractivity contribution in [2.24, 2.45) is 0 Å². The lowest BCUT2D eigenvalue weighted by atomic mass is 10.4. The first-order valence-corrected chi connectivity index (χ1v) is 6.90. The Morgan fingerprint density at radius 2 is 2.40 bits per heavy atom. The van der Waals surface area contributed by atoms with Gasteiger partial charge in [0.1, 0.15) is 5.82 Å². The zero-order valence-electron chi connectivity index (χ0n) is 9.32. The number of hydrogen-bond acceptors (Lipinski definition) is 6. The number of ether oxygens (including phenoxy) is 1. The summed E-state index contributed by atoms with van der Waals surface area (Å²) in [7, 11) is 1.69. The van der Waals surface area contributed by atoms with E-state index in [9.17, 15) is 0 Å². The quantitative estimate of drug-likeness (QED) is 0.797. The highest BCUT2D eigenvalue weighted by Crippen LogP contribution is 2.13. The molecule has 0 aliphatic carbocycles. The molecule has 0 spiro atoms. The summed E-state index contributed by atoms with van der Waals surface area (Å²) in [5.41, 5.74) is 0. The normalized spacial score (nSPS) is 12.7. The van der Waals surface area contributed by atoms with Crippen molar-refractivity contribution in [3.63, 3.8) is 0 Å². The summed E-state index contributed by atoms with van der Waals surface area (Å²) in [6.45, 7) is 3.79. The van der Waals surface area contributed by atoms with Crippen LogP contribution in [0.25, 0.3) is 0 Å². The van der Waals surface area contributed by atoms with E-state index < -0.39 is 0 Å². The largest absolute Gasteiger partial charge is 0.384 e. The number of thioether (sulfide) groups is 1. The van der Waals surface area contributed by atoms with Gasteiger partial charge in [-0.1, -0.05) is 6.92 Å². The van der Waals surface area contributed by atoms with Gasteiger partial charge in [-0.3, -0.25) is 0 Å². The molecule has 0 aliphatic heterocycles. The summed E-state index contributed by atoms with van der Waals surface area (Å²) in [4.78, 5) is 4.36. The predicted octanol–water partition coefficient (Wildman–Crippen LogP) is 1.89. The van der Waals surface area contributed by atoms with Gasteiger partial charge in [0.15, 0.2) is 0 Å². The summed E-state index contributed by atoms with van der Waals surface area (Å²) >= 11 is 3.25. The van der Waals surface area contributed by atoms with E-state index in [0.29, 0.717) is 11.9 Å². The van der Waals surface area contributed by atoms with Gasteiger partial charge >= 0.3 is 0 Å². The molecular weight excluding hydrogens is 230 g/mol. The van der Waals surface area contributed by atoms with E-state index in [1.165, 1.54) is 11.5 Å². The molecule has 0 saturated carbocycles. The van der Waals surface area contributed by atoms with Crippen molar-refractivity contribution >= 4 is 28.4 Å². The number of anilines is 1. The van der Waals surface area contributed by atoms with Gasteiger partial charge < -0.3 is 10.1 Å². The number of nitrogens with zero attached hydrogens (tertiary/aromatic N) is 2. The van der Waals surface area contributed by atoms with Gasteiger partial charge in [0.2, 0.25) is 5.13 Å². The Hall–Kier alpha value is -0.330. The third-order valence-corrected chi connectivity index (χ3v) is 3.62. The number of nitrogens with one attached hydrogen (secondary N) is 1. The number of hydrogen-bond donors (Lipinski definition) is 1. The molecule has 0 saturated heterocycles. The van der Waals surface area contributed by atoms with Crippen LogP contribution in [0.4, 0.5) is 5.13 Å². The molecule has 1 heterocycles. The van der Waals surface area contributed by atoms with Crippen LogP contribution in [-0.2, 0) is 11.2 Å². The Balaban J connectivity index is 2.32.